The number of anilines is 1. The molecule has 0 saturated carbocycles. The minimum absolute atomic E-state index is 0.0361. The average Bonchev–Trinajstić information content (AvgIpc) is 2.96. The molecule has 3 heterocycles. The predicted molar refractivity (Wildman–Crippen MR) is 69.5 cm³/mol. The average molecular weight is 248 g/mol. The highest BCUT2D eigenvalue weighted by molar-refractivity contribution is 5.46. The van der Waals surface area contributed by atoms with Crippen molar-refractivity contribution in [3.63, 3.8) is 0 Å². The van der Waals surface area contributed by atoms with Crippen molar-refractivity contribution in [2.75, 3.05) is 5.73 Å². The van der Waals surface area contributed by atoms with Crippen LogP contribution in [-0.4, -0.2) is 17.2 Å². The van der Waals surface area contributed by atoms with Crippen LogP contribution in [0.3, 0.4) is 0 Å². The normalized spacial score (nSPS) is 31.8. The number of fused-ring (bicyclic) bond motifs is 2. The lowest BCUT2D eigenvalue weighted by molar-refractivity contribution is 0.0857. The fourth-order valence-electron chi connectivity index (χ4n) is 3.44. The highest BCUT2D eigenvalue weighted by Gasteiger charge is 2.45. The molecule has 2 fully saturated rings. The summed E-state index contributed by atoms with van der Waals surface area (Å²) in [6.45, 7) is 2.05. The van der Waals surface area contributed by atoms with Gasteiger partial charge in [-0.25, -0.2) is 4.98 Å². The third-order valence-corrected chi connectivity index (χ3v) is 4.31. The highest BCUT2D eigenvalue weighted by atomic mass is 16.5. The van der Waals surface area contributed by atoms with Crippen molar-refractivity contribution in [3.05, 3.63) is 23.4 Å². The first-order chi connectivity index (χ1) is 8.70. The van der Waals surface area contributed by atoms with Gasteiger partial charge in [0.2, 0.25) is 0 Å². The molecule has 2 saturated heterocycles. The van der Waals surface area contributed by atoms with Crippen LogP contribution in [0, 0.1) is 12.8 Å². The standard InChI is InChI=1S/C13H20N4O/c1-7-4-5-16-13(14)11(7)12(17-15)9-6-8-2-3-10(9)18-8/h4-5,8-10,12,17H,2-3,6,15H2,1H3,(H2,14,16). The van der Waals surface area contributed by atoms with Gasteiger partial charge < -0.3 is 10.5 Å². The Balaban J connectivity index is 1.93. The van der Waals surface area contributed by atoms with Crippen molar-refractivity contribution in [2.24, 2.45) is 11.8 Å². The highest BCUT2D eigenvalue weighted by Crippen LogP contribution is 2.45. The van der Waals surface area contributed by atoms with E-state index in [0.29, 0.717) is 23.9 Å². The second-order valence-corrected chi connectivity index (χ2v) is 5.34. The van der Waals surface area contributed by atoms with Crippen LogP contribution in [0.5, 0.6) is 0 Å². The van der Waals surface area contributed by atoms with Crippen molar-refractivity contribution in [3.8, 4) is 0 Å². The fraction of sp³-hybridized carbons (Fsp3) is 0.615. The van der Waals surface area contributed by atoms with Gasteiger partial charge >= 0.3 is 0 Å². The van der Waals surface area contributed by atoms with Gasteiger partial charge in [-0.1, -0.05) is 0 Å². The van der Waals surface area contributed by atoms with E-state index in [9.17, 15) is 0 Å². The largest absolute Gasteiger partial charge is 0.383 e. The Labute approximate surface area is 107 Å². The van der Waals surface area contributed by atoms with E-state index in [4.69, 9.17) is 16.3 Å². The first-order valence-corrected chi connectivity index (χ1v) is 6.53. The molecule has 4 atom stereocenters. The second kappa shape index (κ2) is 4.50. The van der Waals surface area contributed by atoms with Crippen LogP contribution in [-0.2, 0) is 4.74 Å². The van der Waals surface area contributed by atoms with Crippen molar-refractivity contribution < 1.29 is 4.74 Å². The molecular weight excluding hydrogens is 228 g/mol. The Hall–Kier alpha value is -1.17. The second-order valence-electron chi connectivity index (χ2n) is 5.34. The van der Waals surface area contributed by atoms with Gasteiger partial charge in [0.25, 0.3) is 0 Å². The Morgan fingerprint density at radius 2 is 2.33 bits per heavy atom. The summed E-state index contributed by atoms with van der Waals surface area (Å²) in [5.74, 6) is 6.74. The van der Waals surface area contributed by atoms with Crippen molar-refractivity contribution in [1.29, 1.82) is 0 Å². The molecular formula is C13H20N4O. The Kier molecular flexibility index (Phi) is 2.97. The van der Waals surface area contributed by atoms with Crippen molar-refractivity contribution in [2.45, 2.75) is 44.4 Å². The number of rotatable bonds is 3. The van der Waals surface area contributed by atoms with Gasteiger partial charge in [0.05, 0.1) is 18.2 Å². The molecule has 1 aromatic rings. The van der Waals surface area contributed by atoms with Gasteiger partial charge in [-0.05, 0) is 37.8 Å². The summed E-state index contributed by atoms with van der Waals surface area (Å²) >= 11 is 0. The molecule has 1 aromatic heterocycles. The Morgan fingerprint density at radius 1 is 1.50 bits per heavy atom. The Bertz CT molecular complexity index is 430. The summed E-state index contributed by atoms with van der Waals surface area (Å²) in [6, 6.07) is 2.01. The number of nitrogens with two attached hydrogens (primary N) is 2. The molecule has 98 valence electrons. The molecule has 0 aromatic carbocycles. The minimum Gasteiger partial charge on any atom is -0.383 e. The molecule has 0 aliphatic carbocycles. The van der Waals surface area contributed by atoms with Crippen LogP contribution < -0.4 is 17.0 Å². The number of aromatic nitrogens is 1. The van der Waals surface area contributed by atoms with Gasteiger partial charge in [-0.15, -0.1) is 0 Å². The van der Waals surface area contributed by atoms with E-state index in [-0.39, 0.29) is 6.04 Å². The van der Waals surface area contributed by atoms with Crippen LogP contribution in [0.4, 0.5) is 5.82 Å². The number of pyridine rings is 1. The maximum Gasteiger partial charge on any atom is 0.128 e. The van der Waals surface area contributed by atoms with Crippen LogP contribution in [0.1, 0.15) is 36.4 Å². The number of nitrogens with zero attached hydrogens (tertiary/aromatic N) is 1. The molecule has 5 N–H and O–H groups in total. The SMILES string of the molecule is Cc1ccnc(N)c1C(NN)C1CC2CCC1O2. The number of hydrogen-bond donors (Lipinski definition) is 3. The summed E-state index contributed by atoms with van der Waals surface area (Å²) in [4.78, 5) is 4.18. The lowest BCUT2D eigenvalue weighted by atomic mass is 9.80. The fourth-order valence-corrected chi connectivity index (χ4v) is 3.44. The van der Waals surface area contributed by atoms with E-state index in [2.05, 4.69) is 10.4 Å². The Morgan fingerprint density at radius 3 is 2.89 bits per heavy atom. The van der Waals surface area contributed by atoms with E-state index in [0.717, 1.165) is 24.0 Å². The number of hydrogen-bond acceptors (Lipinski definition) is 5. The van der Waals surface area contributed by atoms with Crippen molar-refractivity contribution in [1.82, 2.24) is 10.4 Å². The molecule has 0 amide bonds. The number of nitrogen functional groups attached to an aromatic ring is 1. The summed E-state index contributed by atoms with van der Waals surface area (Å²) in [6.07, 6.45) is 5.84. The molecule has 0 radical (unpaired) electrons. The first-order valence-electron chi connectivity index (χ1n) is 6.53. The topological polar surface area (TPSA) is 86.2 Å². The van der Waals surface area contributed by atoms with Crippen LogP contribution in [0.25, 0.3) is 0 Å². The monoisotopic (exact) mass is 248 g/mol. The lowest BCUT2D eigenvalue weighted by Crippen LogP contribution is -2.38. The van der Waals surface area contributed by atoms with Gasteiger partial charge in [-0.2, -0.15) is 0 Å². The van der Waals surface area contributed by atoms with Crippen LogP contribution in [0.2, 0.25) is 0 Å². The molecule has 3 rings (SSSR count). The van der Waals surface area contributed by atoms with Crippen LogP contribution in [0.15, 0.2) is 12.3 Å². The third-order valence-electron chi connectivity index (χ3n) is 4.31. The lowest BCUT2D eigenvalue weighted by Gasteiger charge is -2.29. The maximum absolute atomic E-state index is 6.02. The molecule has 2 aliphatic rings. The number of nitrogens with one attached hydrogen (secondary N) is 1. The van der Waals surface area contributed by atoms with Crippen molar-refractivity contribution >= 4 is 5.82 Å². The number of ether oxygens (including phenoxy) is 1. The minimum atomic E-state index is 0.0361. The van der Waals surface area contributed by atoms with Gasteiger partial charge in [-0.3, -0.25) is 11.3 Å². The smallest absolute Gasteiger partial charge is 0.128 e. The predicted octanol–water partition coefficient (Wildman–Crippen LogP) is 1.04. The summed E-state index contributed by atoms with van der Waals surface area (Å²) in [5, 5.41) is 0. The van der Waals surface area contributed by atoms with E-state index >= 15 is 0 Å². The van der Waals surface area contributed by atoms with E-state index < -0.39 is 0 Å². The zero-order chi connectivity index (χ0) is 12.7. The molecule has 5 nitrogen and oxygen atoms in total. The van der Waals surface area contributed by atoms with E-state index in [1.165, 1.54) is 6.42 Å². The first kappa shape index (κ1) is 11.9. The summed E-state index contributed by atoms with van der Waals surface area (Å²) in [5.41, 5.74) is 11.1. The van der Waals surface area contributed by atoms with Gasteiger partial charge in [0, 0.05) is 17.7 Å². The van der Waals surface area contributed by atoms with Crippen LogP contribution >= 0.6 is 0 Å². The zero-order valence-electron chi connectivity index (χ0n) is 10.6. The molecule has 4 unspecified atom stereocenters. The quantitative estimate of drug-likeness (QED) is 0.549. The number of aryl methyl sites for hydroxylation is 1. The maximum atomic E-state index is 6.02. The van der Waals surface area contributed by atoms with E-state index in [1.807, 2.05) is 13.0 Å². The zero-order valence-corrected chi connectivity index (χ0v) is 10.6. The van der Waals surface area contributed by atoms with Gasteiger partial charge in [0.1, 0.15) is 5.82 Å². The third kappa shape index (κ3) is 1.79. The molecule has 5 heteroatoms. The molecule has 0 spiro atoms. The molecule has 2 aliphatic heterocycles. The summed E-state index contributed by atoms with van der Waals surface area (Å²) < 4.78 is 5.91. The summed E-state index contributed by atoms with van der Waals surface area (Å²) in [7, 11) is 0. The van der Waals surface area contributed by atoms with E-state index in [1.54, 1.807) is 6.20 Å². The molecule has 18 heavy (non-hydrogen) atoms. The van der Waals surface area contributed by atoms with Gasteiger partial charge in [0.15, 0.2) is 0 Å². The number of hydrazine groups is 1. The molecule has 2 bridgehead atoms.